The zero-order chi connectivity index (χ0) is 83.7. The van der Waals surface area contributed by atoms with Crippen LogP contribution in [0, 0.1) is 176 Å². The van der Waals surface area contributed by atoms with Crippen molar-refractivity contribution in [1.29, 1.82) is 0 Å². The van der Waals surface area contributed by atoms with Crippen molar-refractivity contribution in [3.05, 3.63) is 85.5 Å². The van der Waals surface area contributed by atoms with Crippen LogP contribution >= 0.6 is 0 Å². The largest absolute Gasteiger partial charge is 0.461 e. The van der Waals surface area contributed by atoms with Crippen LogP contribution in [0.2, 0.25) is 0 Å². The van der Waals surface area contributed by atoms with Crippen LogP contribution in [-0.2, 0) is 35.7 Å². The summed E-state index contributed by atoms with van der Waals surface area (Å²) in [6, 6.07) is 0. The second-order valence-corrected chi connectivity index (χ2v) is 46.0. The number of aliphatic hydroxyl groups is 4. The molecule has 16 fully saturated rings. The molecule has 16 saturated carbocycles. The number of Topliss-reactive ketones (excluding diaryl/α,β-unsaturated/α-hetero) is 1. The minimum Gasteiger partial charge on any atom is -0.461 e. The summed E-state index contributed by atoms with van der Waals surface area (Å²) >= 11 is 0. The Hall–Kier alpha value is -5.24. The van der Waals surface area contributed by atoms with Gasteiger partial charge in [-0.1, -0.05) is 88.4 Å². The van der Waals surface area contributed by atoms with Crippen molar-refractivity contribution in [2.24, 2.45) is 176 Å². The predicted molar refractivity (Wildman–Crippen MR) is 462 cm³/mol. The molecule has 0 aliphatic heterocycles. The topological polar surface area (TPSA) is 247 Å². The minimum atomic E-state index is -0.498. The summed E-state index contributed by atoms with van der Waals surface area (Å²) in [5, 5.41) is 76.1. The second kappa shape index (κ2) is 33.3. The molecule has 16 aliphatic rings. The van der Waals surface area contributed by atoms with Crippen molar-refractivity contribution in [3.63, 3.8) is 0 Å². The average Bonchev–Trinajstić information content (AvgIpc) is 1.65. The Labute approximate surface area is 713 Å². The first-order valence-electron chi connectivity index (χ1n) is 48.7. The molecular weight excluding hydrogens is 1480 g/mol. The molecule has 20 rings (SSSR count). The van der Waals surface area contributed by atoms with E-state index in [-0.39, 0.29) is 36.0 Å². The number of carbonyl (C=O) groups is 2. The third-order valence-corrected chi connectivity index (χ3v) is 39.9. The molecule has 16 aliphatic carbocycles. The Morgan fingerprint density at radius 1 is 0.403 bits per heavy atom. The van der Waals surface area contributed by atoms with E-state index in [0.29, 0.717) is 57.7 Å². The molecule has 4 aromatic heterocycles. The summed E-state index contributed by atoms with van der Waals surface area (Å²) in [6.07, 6.45) is 54.7. The standard InChI is InChI=1S/C26H39N3O4.2C25H39N3O.C24H37N3O/c1-4-33-24(31)22-14-27-29(28-22)15-23(30)21-8-7-20-19-6-5-16-13-25(2,32)11-9-17(16)18(19)10-12-26(20,21)3;1-16(15-28-12-11-26-27-28)22-7-8-23-20-6-5-18-14-25(4,29)17(2)13-21(18)19(20)9-10-24(22,23)3;1-16(15-28-26-11-12-27-28)22-7-8-23-20-6-5-18-14-25(4,29)17(2)13-21(18)19(20)9-10-24(22,23)3;1-16(15-27-13-12-25-26-27)21-6-7-22-20-5-4-17-14-23(2,28)10-8-18(17)19(20)9-11-24(21,22)3/h14,16-21,32H,4-13,15H2,1-3H3;2*11-12,17-23,29H,1,5-10,13-15H2,2-4H3;12-13,17-22,28H,1,4-11,14-15H2,2-3H3/t16-,17+,18-,19-,20+,21-,25-,26+;2*17-,18-,19-,20+,21-,22+,23-,24+,25-;17-,18-,19+,20+,21+,22-,23+,24+/m1000/s1. The van der Waals surface area contributed by atoms with Gasteiger partial charge in [-0.3, -0.25) is 4.79 Å². The molecule has 19 nitrogen and oxygen atoms in total. The summed E-state index contributed by atoms with van der Waals surface area (Å²) in [4.78, 5) is 28.4. The normalized spacial score (nSPS) is 46.9. The van der Waals surface area contributed by atoms with Crippen LogP contribution < -0.4 is 0 Å². The van der Waals surface area contributed by atoms with Crippen LogP contribution in [0.4, 0.5) is 0 Å². The summed E-state index contributed by atoms with van der Waals surface area (Å²) < 4.78 is 8.85. The van der Waals surface area contributed by atoms with Crippen molar-refractivity contribution >= 4 is 11.8 Å². The fourth-order valence-corrected chi connectivity index (χ4v) is 34.0. The number of ketones is 1. The number of nitrogens with zero attached hydrogens (tertiary/aromatic N) is 12. The highest BCUT2D eigenvalue weighted by Gasteiger charge is 2.64. The molecule has 4 heterocycles. The van der Waals surface area contributed by atoms with E-state index in [1.807, 2.05) is 28.7 Å². The number of esters is 1. The van der Waals surface area contributed by atoms with Crippen molar-refractivity contribution < 1.29 is 34.8 Å². The van der Waals surface area contributed by atoms with Gasteiger partial charge in [0, 0.05) is 18.3 Å². The molecule has 0 radical (unpaired) electrons. The van der Waals surface area contributed by atoms with Crippen LogP contribution in [-0.4, -0.2) is 121 Å². The Morgan fingerprint density at radius 3 is 1.15 bits per heavy atom. The van der Waals surface area contributed by atoms with Crippen molar-refractivity contribution in [2.45, 2.75) is 343 Å². The first-order valence-corrected chi connectivity index (χ1v) is 48.7. The maximum Gasteiger partial charge on any atom is 0.360 e. The molecule has 656 valence electrons. The van der Waals surface area contributed by atoms with Gasteiger partial charge in [0.15, 0.2) is 11.5 Å². The van der Waals surface area contributed by atoms with Gasteiger partial charge in [0.05, 0.1) is 79.6 Å². The first kappa shape index (κ1) is 85.9. The average molecular weight is 1640 g/mol. The Balaban J connectivity index is 0.000000114. The van der Waals surface area contributed by atoms with E-state index in [1.54, 1.807) is 36.5 Å². The van der Waals surface area contributed by atoms with E-state index in [4.69, 9.17) is 4.74 Å². The van der Waals surface area contributed by atoms with Gasteiger partial charge >= 0.3 is 5.97 Å². The van der Waals surface area contributed by atoms with Gasteiger partial charge in [-0.05, 0) is 423 Å². The highest BCUT2D eigenvalue weighted by atomic mass is 16.5. The van der Waals surface area contributed by atoms with E-state index in [2.05, 4.69) is 123 Å². The molecule has 0 saturated heterocycles. The zero-order valence-electron chi connectivity index (χ0n) is 75.1. The van der Waals surface area contributed by atoms with Crippen LogP contribution in [0.5, 0.6) is 0 Å². The number of fused-ring (bicyclic) bond motifs is 20. The lowest BCUT2D eigenvalue weighted by atomic mass is 9.48. The number of allylic oxidation sites excluding steroid dienone is 3. The quantitative estimate of drug-likeness (QED) is 0.0677. The Bertz CT molecular complexity index is 4080. The van der Waals surface area contributed by atoms with E-state index < -0.39 is 28.4 Å². The smallest absolute Gasteiger partial charge is 0.360 e. The first-order chi connectivity index (χ1) is 56.7. The van der Waals surface area contributed by atoms with E-state index >= 15 is 0 Å². The monoisotopic (exact) mass is 1640 g/mol. The van der Waals surface area contributed by atoms with Gasteiger partial charge in [0.1, 0.15) is 6.54 Å². The second-order valence-electron chi connectivity index (χ2n) is 46.0. The Morgan fingerprint density at radius 2 is 0.765 bits per heavy atom. The summed E-state index contributed by atoms with van der Waals surface area (Å²) in [6.45, 7) is 41.0. The highest BCUT2D eigenvalue weighted by Crippen LogP contribution is 2.71. The SMILES string of the molecule is C=C(Cn1ccnn1)[C@H]1CC[C@H]2[C@@H]3CC[C@H]4C[C@](C)(O)CC[C@@H]4[C@H]3CC[C@]12C.C=C(Cn1ccnn1)[C@H]1CC[C@H]2[C@@H]3CC[C@H]4C[C@](C)(O)[C@@H](C)C[C@@H]4[C@H]3CC[C@]12C.C=C(Cn1nccn1)[C@H]1CC[C@H]2[C@@H]3CC[C@H]4C[C@](C)(O)[C@@H](C)C[C@@H]4[C@H]3CC[C@]12C.CCOC(=O)c1cnn(CC(=O)[C@H]2CC[C@H]3[C@@H]4CC[C@@H]5C[C@](C)(O)CC[C@@H]5[C@H]4CC[C@]23C)n1. The third-order valence-electron chi connectivity index (χ3n) is 39.9. The van der Waals surface area contributed by atoms with Crippen LogP contribution in [0.1, 0.15) is 305 Å². The maximum atomic E-state index is 13.4. The highest BCUT2D eigenvalue weighted by molar-refractivity contribution is 5.87. The molecule has 4 aromatic rings. The van der Waals surface area contributed by atoms with Gasteiger partial charge in [-0.25, -0.2) is 14.2 Å². The predicted octanol–water partition coefficient (Wildman–Crippen LogP) is 19.1. The molecule has 119 heavy (non-hydrogen) atoms. The van der Waals surface area contributed by atoms with E-state index in [1.165, 1.54) is 188 Å². The number of aromatic nitrogens is 12. The van der Waals surface area contributed by atoms with Crippen LogP contribution in [0.3, 0.4) is 0 Å². The van der Waals surface area contributed by atoms with E-state index in [0.717, 1.165) is 184 Å². The third kappa shape index (κ3) is 16.3. The number of carbonyl (C=O) groups excluding carboxylic acids is 2. The summed E-state index contributed by atoms with van der Waals surface area (Å²) in [5.41, 5.74) is 3.72. The molecule has 0 aromatic carbocycles. The lowest BCUT2D eigenvalue weighted by Crippen LogP contribution is -2.52. The fraction of sp³-hybridized carbons (Fsp3) is 0.840. The molecular formula is C100H154N12O7. The van der Waals surface area contributed by atoms with Gasteiger partial charge in [-0.2, -0.15) is 24.9 Å². The molecule has 0 unspecified atom stereocenters. The molecule has 19 heteroatoms. The number of ether oxygens (including phenoxy) is 1. The van der Waals surface area contributed by atoms with Crippen LogP contribution in [0.15, 0.2) is 79.8 Å². The summed E-state index contributed by atoms with van der Waals surface area (Å²) in [5.74, 6) is 18.9. The molecule has 0 spiro atoms. The molecule has 0 bridgehead atoms. The van der Waals surface area contributed by atoms with Gasteiger partial charge < -0.3 is 25.2 Å². The van der Waals surface area contributed by atoms with E-state index in [9.17, 15) is 30.0 Å². The van der Waals surface area contributed by atoms with Crippen molar-refractivity contribution in [2.75, 3.05) is 6.61 Å². The van der Waals surface area contributed by atoms with Gasteiger partial charge in [0.25, 0.3) is 0 Å². The lowest BCUT2D eigenvalue weighted by molar-refractivity contribution is -0.133. The lowest BCUT2D eigenvalue weighted by Gasteiger charge is -2.58. The fourth-order valence-electron chi connectivity index (χ4n) is 34.0. The summed E-state index contributed by atoms with van der Waals surface area (Å²) in [7, 11) is 0. The Kier molecular flexibility index (Phi) is 24.0. The van der Waals surface area contributed by atoms with Crippen molar-refractivity contribution in [3.8, 4) is 0 Å². The number of hydrogen-bond donors (Lipinski definition) is 4. The number of hydrogen-bond acceptors (Lipinski definition) is 15. The van der Waals surface area contributed by atoms with Gasteiger partial charge in [0.2, 0.25) is 0 Å². The molecule has 4 N–H and O–H groups in total. The number of rotatable bonds is 14. The zero-order valence-corrected chi connectivity index (χ0v) is 75.1. The molecule has 34 atom stereocenters. The maximum absolute atomic E-state index is 13.4. The van der Waals surface area contributed by atoms with Crippen molar-refractivity contribution in [1.82, 2.24) is 60.0 Å². The molecule has 0 amide bonds. The van der Waals surface area contributed by atoms with Gasteiger partial charge in [-0.15, -0.1) is 15.3 Å². The minimum absolute atomic E-state index is 0.0466. The van der Waals surface area contributed by atoms with Crippen LogP contribution in [0.25, 0.3) is 0 Å².